The summed E-state index contributed by atoms with van der Waals surface area (Å²) in [7, 11) is 0. The first-order chi connectivity index (χ1) is 8.66. The van der Waals surface area contributed by atoms with E-state index in [4.69, 9.17) is 0 Å². The minimum absolute atomic E-state index is 0.218. The largest absolute Gasteiger partial charge is 0.476 e. The molecule has 0 atom stereocenters. The van der Waals surface area contributed by atoms with Crippen molar-refractivity contribution in [3.05, 3.63) is 47.1 Å². The minimum atomic E-state index is -0.962. The van der Waals surface area contributed by atoms with E-state index < -0.39 is 5.97 Å². The van der Waals surface area contributed by atoms with E-state index in [9.17, 15) is 9.90 Å². The number of hydrogen-bond acceptors (Lipinski definition) is 3. The highest BCUT2D eigenvalue weighted by molar-refractivity contribution is 7.15. The number of hydrogen-bond donors (Lipinski definition) is 1. The lowest BCUT2D eigenvalue weighted by atomic mass is 10.1. The molecular formula is C13H10N2O2S. The molecule has 3 aromatic rings. The first kappa shape index (κ1) is 11.0. The van der Waals surface area contributed by atoms with Gasteiger partial charge < -0.3 is 5.11 Å². The van der Waals surface area contributed by atoms with Gasteiger partial charge in [-0.3, -0.25) is 4.40 Å². The van der Waals surface area contributed by atoms with E-state index in [2.05, 4.69) is 4.98 Å². The Balaban J connectivity index is 2.27. The molecule has 2 heterocycles. The standard InChI is InChI=1S/C13H10N2O2S/c1-8-2-4-9(5-3-8)10-11(12(16)17)15-6-7-18-13(15)14-10/h2-7H,1H3,(H,16,17). The third-order valence-electron chi connectivity index (χ3n) is 2.79. The second-order valence-corrected chi connectivity index (χ2v) is 4.91. The van der Waals surface area contributed by atoms with Crippen LogP contribution < -0.4 is 0 Å². The van der Waals surface area contributed by atoms with E-state index in [0.717, 1.165) is 11.1 Å². The molecule has 0 unspecified atom stereocenters. The molecule has 4 nitrogen and oxygen atoms in total. The molecule has 1 N–H and O–H groups in total. The Morgan fingerprint density at radius 3 is 2.72 bits per heavy atom. The average molecular weight is 258 g/mol. The number of aryl methyl sites for hydroxylation is 1. The second-order valence-electron chi connectivity index (χ2n) is 4.04. The topological polar surface area (TPSA) is 54.6 Å². The van der Waals surface area contributed by atoms with Crippen LogP contribution in [0.1, 0.15) is 16.1 Å². The maximum absolute atomic E-state index is 11.4. The predicted octanol–water partition coefficient (Wildman–Crippen LogP) is 3.07. The normalized spacial score (nSPS) is 10.9. The molecule has 0 saturated heterocycles. The lowest BCUT2D eigenvalue weighted by Crippen LogP contribution is -2.02. The van der Waals surface area contributed by atoms with Gasteiger partial charge in [0.2, 0.25) is 0 Å². The van der Waals surface area contributed by atoms with Gasteiger partial charge in [0.1, 0.15) is 5.69 Å². The van der Waals surface area contributed by atoms with Gasteiger partial charge in [-0.2, -0.15) is 0 Å². The molecule has 1 aromatic carbocycles. The van der Waals surface area contributed by atoms with Gasteiger partial charge in [-0.15, -0.1) is 11.3 Å². The zero-order chi connectivity index (χ0) is 12.7. The summed E-state index contributed by atoms with van der Waals surface area (Å²) in [5.74, 6) is -0.962. The summed E-state index contributed by atoms with van der Waals surface area (Å²) in [5, 5.41) is 11.2. The summed E-state index contributed by atoms with van der Waals surface area (Å²) in [6.07, 6.45) is 1.73. The third kappa shape index (κ3) is 1.60. The van der Waals surface area contributed by atoms with Gasteiger partial charge in [0.25, 0.3) is 0 Å². The quantitative estimate of drug-likeness (QED) is 0.768. The fraction of sp³-hybridized carbons (Fsp3) is 0.0769. The zero-order valence-corrected chi connectivity index (χ0v) is 10.4. The summed E-state index contributed by atoms with van der Waals surface area (Å²) in [6.45, 7) is 1.99. The lowest BCUT2D eigenvalue weighted by molar-refractivity contribution is 0.0690. The van der Waals surface area contributed by atoms with Crippen LogP contribution in [0.3, 0.4) is 0 Å². The molecule has 90 valence electrons. The van der Waals surface area contributed by atoms with Gasteiger partial charge in [-0.05, 0) is 6.92 Å². The van der Waals surface area contributed by atoms with Crippen molar-refractivity contribution in [3.8, 4) is 11.3 Å². The van der Waals surface area contributed by atoms with E-state index in [-0.39, 0.29) is 5.69 Å². The molecule has 3 rings (SSSR count). The van der Waals surface area contributed by atoms with Crippen LogP contribution in [0.2, 0.25) is 0 Å². The van der Waals surface area contributed by atoms with Gasteiger partial charge in [-0.25, -0.2) is 9.78 Å². The fourth-order valence-electron chi connectivity index (χ4n) is 1.90. The molecule has 0 amide bonds. The van der Waals surface area contributed by atoms with Crippen molar-refractivity contribution in [2.24, 2.45) is 0 Å². The number of benzene rings is 1. The molecule has 0 radical (unpaired) electrons. The van der Waals surface area contributed by atoms with Crippen molar-refractivity contribution < 1.29 is 9.90 Å². The number of imidazole rings is 1. The van der Waals surface area contributed by atoms with Crippen LogP contribution >= 0.6 is 11.3 Å². The number of carbonyl (C=O) groups is 1. The van der Waals surface area contributed by atoms with Crippen LogP contribution in [0.15, 0.2) is 35.8 Å². The molecule has 0 bridgehead atoms. The number of rotatable bonds is 2. The van der Waals surface area contributed by atoms with Crippen molar-refractivity contribution in [2.75, 3.05) is 0 Å². The van der Waals surface area contributed by atoms with E-state index in [1.807, 2.05) is 36.6 Å². The number of fused-ring (bicyclic) bond motifs is 1. The van der Waals surface area contributed by atoms with Crippen molar-refractivity contribution in [1.29, 1.82) is 0 Å². The van der Waals surface area contributed by atoms with Crippen molar-refractivity contribution in [3.63, 3.8) is 0 Å². The predicted molar refractivity (Wildman–Crippen MR) is 70.2 cm³/mol. The van der Waals surface area contributed by atoms with Crippen LogP contribution in [-0.2, 0) is 0 Å². The third-order valence-corrected chi connectivity index (χ3v) is 3.55. The molecule has 0 spiro atoms. The maximum Gasteiger partial charge on any atom is 0.355 e. The Kier molecular flexibility index (Phi) is 2.41. The number of aromatic nitrogens is 2. The van der Waals surface area contributed by atoms with E-state index in [1.165, 1.54) is 11.3 Å². The summed E-state index contributed by atoms with van der Waals surface area (Å²) in [4.78, 5) is 16.5. The number of nitrogens with zero attached hydrogens (tertiary/aromatic N) is 2. The van der Waals surface area contributed by atoms with Gasteiger partial charge >= 0.3 is 5.97 Å². The highest BCUT2D eigenvalue weighted by Gasteiger charge is 2.20. The van der Waals surface area contributed by atoms with E-state index >= 15 is 0 Å². The molecule has 0 aliphatic carbocycles. The molecule has 0 fully saturated rings. The van der Waals surface area contributed by atoms with Gasteiger partial charge in [0.15, 0.2) is 10.7 Å². The SMILES string of the molecule is Cc1ccc(-c2nc3sccn3c2C(=O)O)cc1. The van der Waals surface area contributed by atoms with Crippen molar-refractivity contribution in [2.45, 2.75) is 6.92 Å². The molecule has 0 aliphatic rings. The number of carboxylic acids is 1. The van der Waals surface area contributed by atoms with Gasteiger partial charge in [0.05, 0.1) is 0 Å². The molecule has 0 aliphatic heterocycles. The Morgan fingerprint density at radius 2 is 2.06 bits per heavy atom. The van der Waals surface area contributed by atoms with Gasteiger partial charge in [0, 0.05) is 17.1 Å². The monoisotopic (exact) mass is 258 g/mol. The summed E-state index contributed by atoms with van der Waals surface area (Å²) >= 11 is 1.43. The number of carboxylic acid groups (broad SMARTS) is 1. The Morgan fingerprint density at radius 1 is 1.33 bits per heavy atom. The molecule has 0 saturated carbocycles. The summed E-state index contributed by atoms with van der Waals surface area (Å²) in [5.41, 5.74) is 2.70. The van der Waals surface area contributed by atoms with Crippen molar-refractivity contribution in [1.82, 2.24) is 9.38 Å². The number of aromatic carboxylic acids is 1. The van der Waals surface area contributed by atoms with Gasteiger partial charge in [-0.1, -0.05) is 29.8 Å². The molecular weight excluding hydrogens is 248 g/mol. The van der Waals surface area contributed by atoms with Crippen LogP contribution in [0.4, 0.5) is 0 Å². The first-order valence-electron chi connectivity index (χ1n) is 5.42. The van der Waals surface area contributed by atoms with Crippen molar-refractivity contribution >= 4 is 22.3 Å². The Labute approximate surface area is 107 Å². The minimum Gasteiger partial charge on any atom is -0.476 e. The highest BCUT2D eigenvalue weighted by Crippen LogP contribution is 2.26. The maximum atomic E-state index is 11.4. The van der Waals surface area contributed by atoms with E-state index in [0.29, 0.717) is 10.7 Å². The first-order valence-corrected chi connectivity index (χ1v) is 6.30. The molecule has 18 heavy (non-hydrogen) atoms. The van der Waals surface area contributed by atoms with Crippen LogP contribution in [0.25, 0.3) is 16.2 Å². The Hall–Kier alpha value is -2.14. The van der Waals surface area contributed by atoms with Crippen LogP contribution in [0.5, 0.6) is 0 Å². The zero-order valence-electron chi connectivity index (χ0n) is 9.62. The van der Waals surface area contributed by atoms with Crippen LogP contribution in [-0.4, -0.2) is 20.5 Å². The molecule has 5 heteroatoms. The summed E-state index contributed by atoms with van der Waals surface area (Å²) in [6, 6.07) is 7.70. The lowest BCUT2D eigenvalue weighted by Gasteiger charge is -2.00. The molecule has 2 aromatic heterocycles. The second kappa shape index (κ2) is 3.96. The average Bonchev–Trinajstić information content (AvgIpc) is 2.88. The Bertz CT molecular complexity index is 725. The smallest absolute Gasteiger partial charge is 0.355 e. The number of thiazole rings is 1. The highest BCUT2D eigenvalue weighted by atomic mass is 32.1. The van der Waals surface area contributed by atoms with Crippen LogP contribution in [0, 0.1) is 6.92 Å². The fourth-order valence-corrected chi connectivity index (χ4v) is 2.62. The summed E-state index contributed by atoms with van der Waals surface area (Å²) < 4.78 is 1.61. The van der Waals surface area contributed by atoms with E-state index in [1.54, 1.807) is 10.6 Å².